The zero-order valence-corrected chi connectivity index (χ0v) is 12.4. The summed E-state index contributed by atoms with van der Waals surface area (Å²) >= 11 is 6.07. The normalized spacial score (nSPS) is 17.5. The van der Waals surface area contributed by atoms with Gasteiger partial charge in [0.2, 0.25) is 0 Å². The SMILES string of the molecule is O=C(N=C1C=CC(=NC(=O)c2ccco2)C(Cl)=C1)c1ccco1. The van der Waals surface area contributed by atoms with Gasteiger partial charge in [0.15, 0.2) is 11.5 Å². The van der Waals surface area contributed by atoms with Gasteiger partial charge in [-0.3, -0.25) is 9.59 Å². The average Bonchev–Trinajstić information content (AvgIpc) is 3.23. The summed E-state index contributed by atoms with van der Waals surface area (Å²) in [5, 5.41) is 0.193. The molecule has 0 saturated heterocycles. The van der Waals surface area contributed by atoms with Crippen molar-refractivity contribution in [3.05, 3.63) is 71.6 Å². The van der Waals surface area contributed by atoms with Gasteiger partial charge in [-0.1, -0.05) is 11.6 Å². The van der Waals surface area contributed by atoms with Gasteiger partial charge in [0, 0.05) is 0 Å². The van der Waals surface area contributed by atoms with E-state index in [1.54, 1.807) is 12.1 Å². The van der Waals surface area contributed by atoms with Crippen molar-refractivity contribution in [1.29, 1.82) is 0 Å². The summed E-state index contributed by atoms with van der Waals surface area (Å²) < 4.78 is 9.93. The van der Waals surface area contributed by atoms with Crippen LogP contribution < -0.4 is 0 Å². The predicted octanol–water partition coefficient (Wildman–Crippen LogP) is 3.43. The van der Waals surface area contributed by atoms with Gasteiger partial charge in [0.05, 0.1) is 29.0 Å². The summed E-state index contributed by atoms with van der Waals surface area (Å²) in [5.41, 5.74) is 0.596. The highest BCUT2D eigenvalue weighted by atomic mass is 35.5. The van der Waals surface area contributed by atoms with Gasteiger partial charge in [-0.05, 0) is 42.5 Å². The summed E-state index contributed by atoms with van der Waals surface area (Å²) in [6, 6.07) is 6.20. The van der Waals surface area contributed by atoms with Gasteiger partial charge in [-0.15, -0.1) is 0 Å². The monoisotopic (exact) mass is 328 g/mol. The van der Waals surface area contributed by atoms with Gasteiger partial charge in [0.25, 0.3) is 0 Å². The van der Waals surface area contributed by atoms with Gasteiger partial charge in [-0.25, -0.2) is 9.98 Å². The van der Waals surface area contributed by atoms with Crippen LogP contribution >= 0.6 is 11.6 Å². The van der Waals surface area contributed by atoms with Gasteiger partial charge < -0.3 is 8.83 Å². The third-order valence-electron chi connectivity index (χ3n) is 2.85. The molecule has 1 aliphatic rings. The second-order valence-corrected chi connectivity index (χ2v) is 4.83. The Hall–Kier alpha value is -2.99. The Bertz CT molecular complexity index is 856. The molecule has 1 aliphatic carbocycles. The van der Waals surface area contributed by atoms with Crippen LogP contribution in [0.25, 0.3) is 0 Å². The van der Waals surface area contributed by atoms with Crippen LogP contribution in [0.3, 0.4) is 0 Å². The van der Waals surface area contributed by atoms with Gasteiger partial charge in [-0.2, -0.15) is 0 Å². The molecular weight excluding hydrogens is 320 g/mol. The lowest BCUT2D eigenvalue weighted by molar-refractivity contribution is 0.0969. The molecule has 2 aromatic heterocycles. The Kier molecular flexibility index (Phi) is 4.16. The van der Waals surface area contributed by atoms with Crippen molar-refractivity contribution in [2.45, 2.75) is 0 Å². The van der Waals surface area contributed by atoms with E-state index in [1.807, 2.05) is 0 Å². The highest BCUT2D eigenvalue weighted by Gasteiger charge is 2.14. The summed E-state index contributed by atoms with van der Waals surface area (Å²) in [7, 11) is 0. The fourth-order valence-corrected chi connectivity index (χ4v) is 2.01. The summed E-state index contributed by atoms with van der Waals surface area (Å²) in [6.45, 7) is 0. The van der Waals surface area contributed by atoms with E-state index < -0.39 is 11.8 Å². The number of aliphatic imine (C=N–C) groups is 2. The number of carbonyl (C=O) groups excluding carboxylic acids is 2. The zero-order chi connectivity index (χ0) is 16.2. The first-order valence-electron chi connectivity index (χ1n) is 6.52. The molecule has 0 N–H and O–H groups in total. The summed E-state index contributed by atoms with van der Waals surface area (Å²) in [4.78, 5) is 31.4. The molecule has 3 rings (SSSR count). The molecule has 0 fully saturated rings. The molecule has 0 spiro atoms. The second-order valence-electron chi connectivity index (χ2n) is 4.42. The zero-order valence-electron chi connectivity index (χ0n) is 11.6. The van der Waals surface area contributed by atoms with E-state index in [-0.39, 0.29) is 22.3 Å². The topological polar surface area (TPSA) is 85.1 Å². The molecule has 0 aromatic carbocycles. The average molecular weight is 329 g/mol. The Labute approximate surface area is 135 Å². The minimum absolute atomic E-state index is 0.114. The molecule has 2 heterocycles. The van der Waals surface area contributed by atoms with Crippen molar-refractivity contribution in [2.75, 3.05) is 0 Å². The maximum absolute atomic E-state index is 11.8. The molecular formula is C16H9ClN2O4. The first kappa shape index (κ1) is 14.9. The van der Waals surface area contributed by atoms with Crippen LogP contribution in [0.4, 0.5) is 0 Å². The summed E-state index contributed by atoms with van der Waals surface area (Å²) in [5.74, 6) is -0.832. The van der Waals surface area contributed by atoms with E-state index >= 15 is 0 Å². The molecule has 0 atom stereocenters. The highest BCUT2D eigenvalue weighted by Crippen LogP contribution is 2.15. The number of halogens is 1. The number of rotatable bonds is 2. The number of nitrogens with zero attached hydrogens (tertiary/aromatic N) is 2. The number of amides is 2. The van der Waals surface area contributed by atoms with Crippen molar-refractivity contribution < 1.29 is 18.4 Å². The van der Waals surface area contributed by atoms with Gasteiger partial charge >= 0.3 is 11.8 Å². The Balaban J connectivity index is 1.79. The fourth-order valence-electron chi connectivity index (χ4n) is 1.79. The van der Waals surface area contributed by atoms with Crippen LogP contribution in [0.15, 0.2) is 78.9 Å². The number of hydrogen-bond donors (Lipinski definition) is 0. The van der Waals surface area contributed by atoms with Crippen molar-refractivity contribution in [3.8, 4) is 0 Å². The van der Waals surface area contributed by atoms with Crippen LogP contribution in [0.2, 0.25) is 0 Å². The van der Waals surface area contributed by atoms with Crippen LogP contribution in [0.5, 0.6) is 0 Å². The van der Waals surface area contributed by atoms with E-state index in [4.69, 9.17) is 20.4 Å². The first-order chi connectivity index (χ1) is 11.1. The molecule has 0 bridgehead atoms. The fraction of sp³-hybridized carbons (Fsp3) is 0. The molecule has 0 radical (unpaired) electrons. The smallest absolute Gasteiger partial charge is 0.313 e. The van der Waals surface area contributed by atoms with Crippen molar-refractivity contribution in [2.24, 2.45) is 9.98 Å². The third kappa shape index (κ3) is 3.44. The van der Waals surface area contributed by atoms with Crippen molar-refractivity contribution >= 4 is 34.8 Å². The van der Waals surface area contributed by atoms with Crippen molar-refractivity contribution in [1.82, 2.24) is 0 Å². The Morgan fingerprint density at radius 2 is 1.52 bits per heavy atom. The highest BCUT2D eigenvalue weighted by molar-refractivity contribution is 6.49. The quantitative estimate of drug-likeness (QED) is 0.790. The van der Waals surface area contributed by atoms with E-state index in [1.165, 1.54) is 42.9 Å². The number of allylic oxidation sites excluding steroid dienone is 4. The maximum atomic E-state index is 11.8. The number of furan rings is 2. The van der Waals surface area contributed by atoms with E-state index in [2.05, 4.69) is 9.98 Å². The Morgan fingerprint density at radius 3 is 2.04 bits per heavy atom. The second kappa shape index (κ2) is 6.41. The van der Waals surface area contributed by atoms with Gasteiger partial charge in [0.1, 0.15) is 0 Å². The molecule has 6 nitrogen and oxygen atoms in total. The van der Waals surface area contributed by atoms with E-state index in [0.29, 0.717) is 5.71 Å². The Morgan fingerprint density at radius 1 is 0.913 bits per heavy atom. The lowest BCUT2D eigenvalue weighted by atomic mass is 10.1. The molecule has 0 aliphatic heterocycles. The van der Waals surface area contributed by atoms with Crippen LogP contribution in [0.1, 0.15) is 21.1 Å². The lowest BCUT2D eigenvalue weighted by Gasteiger charge is -2.05. The molecule has 2 amide bonds. The molecule has 114 valence electrons. The minimum Gasteiger partial charge on any atom is -0.459 e. The van der Waals surface area contributed by atoms with Crippen LogP contribution in [-0.4, -0.2) is 23.2 Å². The lowest BCUT2D eigenvalue weighted by Crippen LogP contribution is -2.09. The van der Waals surface area contributed by atoms with E-state index in [0.717, 1.165) is 0 Å². The predicted molar refractivity (Wildman–Crippen MR) is 84.0 cm³/mol. The maximum Gasteiger partial charge on any atom is 0.313 e. The molecule has 0 unspecified atom stereocenters. The molecule has 23 heavy (non-hydrogen) atoms. The minimum atomic E-state index is -0.548. The molecule has 2 aromatic rings. The van der Waals surface area contributed by atoms with E-state index in [9.17, 15) is 9.59 Å². The van der Waals surface area contributed by atoms with Crippen molar-refractivity contribution in [3.63, 3.8) is 0 Å². The first-order valence-corrected chi connectivity index (χ1v) is 6.90. The molecule has 0 saturated carbocycles. The largest absolute Gasteiger partial charge is 0.459 e. The summed E-state index contributed by atoms with van der Waals surface area (Å²) in [6.07, 6.45) is 7.24. The van der Waals surface area contributed by atoms with Crippen LogP contribution in [-0.2, 0) is 0 Å². The third-order valence-corrected chi connectivity index (χ3v) is 3.15. The molecule has 7 heteroatoms. The number of hydrogen-bond acceptors (Lipinski definition) is 4. The van der Waals surface area contributed by atoms with Crippen LogP contribution in [0, 0.1) is 0 Å². The number of carbonyl (C=O) groups is 2. The standard InChI is InChI=1S/C16H9ClN2O4/c17-11-9-10(18-15(20)13-3-1-7-22-13)5-6-12(11)19-16(21)14-4-2-8-23-14/h1-9H.